The molecular weight excluding hydrogens is 353 g/mol. The zero-order valence-corrected chi connectivity index (χ0v) is 14.2. The van der Waals surface area contributed by atoms with Crippen LogP contribution in [0.1, 0.15) is 21.5 Å². The summed E-state index contributed by atoms with van der Waals surface area (Å²) in [5.41, 5.74) is 3.27. The number of nitrogens with zero attached hydrogens (tertiary/aromatic N) is 4. The maximum absolute atomic E-state index is 13.2. The van der Waals surface area contributed by atoms with E-state index in [4.69, 9.17) is 0 Å². The summed E-state index contributed by atoms with van der Waals surface area (Å²) in [6.45, 7) is 0. The van der Waals surface area contributed by atoms with E-state index in [0.29, 0.717) is 29.0 Å². The maximum atomic E-state index is 13.2. The minimum Gasteiger partial charge on any atom is -0.307 e. The first-order chi connectivity index (χ1) is 12.7. The van der Waals surface area contributed by atoms with Crippen LogP contribution in [-0.2, 0) is 6.42 Å². The second kappa shape index (κ2) is 6.93. The maximum Gasteiger partial charge on any atom is 0.258 e. The average molecular weight is 365 g/mol. The van der Waals surface area contributed by atoms with Crippen LogP contribution >= 0.6 is 11.7 Å². The van der Waals surface area contributed by atoms with E-state index < -0.39 is 0 Å². The lowest BCUT2D eigenvalue weighted by Crippen LogP contribution is -2.13. The van der Waals surface area contributed by atoms with E-state index in [1.807, 2.05) is 12.1 Å². The number of halogens is 1. The van der Waals surface area contributed by atoms with Gasteiger partial charge in [0.05, 0.1) is 17.3 Å². The molecule has 128 valence electrons. The molecule has 0 aliphatic heterocycles. The van der Waals surface area contributed by atoms with Gasteiger partial charge in [0.1, 0.15) is 17.2 Å². The Morgan fingerprint density at radius 1 is 1.04 bits per heavy atom. The van der Waals surface area contributed by atoms with Crippen LogP contribution in [0.2, 0.25) is 0 Å². The van der Waals surface area contributed by atoms with Crippen molar-refractivity contribution in [3.05, 3.63) is 77.4 Å². The normalized spacial score (nSPS) is 10.8. The highest BCUT2D eigenvalue weighted by atomic mass is 32.1. The van der Waals surface area contributed by atoms with Crippen molar-refractivity contribution >= 4 is 34.6 Å². The van der Waals surface area contributed by atoms with Crippen molar-refractivity contribution in [1.29, 1.82) is 0 Å². The van der Waals surface area contributed by atoms with Gasteiger partial charge in [-0.3, -0.25) is 4.79 Å². The summed E-state index contributed by atoms with van der Waals surface area (Å²) in [5, 5.41) is 2.72. The fourth-order valence-corrected chi connectivity index (χ4v) is 2.97. The lowest BCUT2D eigenvalue weighted by molar-refractivity contribution is 0.102. The van der Waals surface area contributed by atoms with Gasteiger partial charge in [-0.15, -0.1) is 0 Å². The summed E-state index contributed by atoms with van der Waals surface area (Å²) in [7, 11) is 0. The molecule has 1 aromatic carbocycles. The third-order valence-corrected chi connectivity index (χ3v) is 4.27. The summed E-state index contributed by atoms with van der Waals surface area (Å²) in [5.74, 6) is -0.160. The smallest absolute Gasteiger partial charge is 0.258 e. The Bertz CT molecular complexity index is 1080. The van der Waals surface area contributed by atoms with Crippen LogP contribution in [-0.4, -0.2) is 24.6 Å². The number of hydrogen-bond acceptors (Lipinski definition) is 6. The second-order valence-corrected chi connectivity index (χ2v) is 6.17. The zero-order chi connectivity index (χ0) is 17.9. The molecule has 0 saturated heterocycles. The highest BCUT2D eigenvalue weighted by molar-refractivity contribution is 7.00. The number of nitrogens with one attached hydrogen (secondary N) is 1. The summed E-state index contributed by atoms with van der Waals surface area (Å²) < 4.78 is 21.3. The Kier molecular flexibility index (Phi) is 4.32. The van der Waals surface area contributed by atoms with Gasteiger partial charge >= 0.3 is 0 Å². The number of anilines is 1. The fourth-order valence-electron chi connectivity index (χ4n) is 2.48. The second-order valence-electron chi connectivity index (χ2n) is 5.64. The molecule has 0 aliphatic carbocycles. The molecule has 0 spiro atoms. The van der Waals surface area contributed by atoms with Crippen molar-refractivity contribution < 1.29 is 9.18 Å². The SMILES string of the molecule is O=C(Nc1ccc(Cc2cccc(F)c2)cn1)c1cnc2nsnc2c1. The highest BCUT2D eigenvalue weighted by Gasteiger charge is 2.10. The Labute approximate surface area is 152 Å². The molecule has 0 fully saturated rings. The first-order valence-corrected chi connectivity index (χ1v) is 8.49. The molecule has 3 heterocycles. The van der Waals surface area contributed by atoms with Crippen LogP contribution in [0.3, 0.4) is 0 Å². The van der Waals surface area contributed by atoms with Gasteiger partial charge in [-0.05, 0) is 41.8 Å². The molecule has 3 aromatic heterocycles. The number of carbonyl (C=O) groups excluding carboxylic acids is 1. The molecule has 8 heteroatoms. The fraction of sp³-hybridized carbons (Fsp3) is 0.0556. The van der Waals surface area contributed by atoms with Crippen molar-refractivity contribution in [2.45, 2.75) is 6.42 Å². The molecule has 26 heavy (non-hydrogen) atoms. The van der Waals surface area contributed by atoms with Crippen molar-refractivity contribution in [2.24, 2.45) is 0 Å². The summed E-state index contributed by atoms with van der Waals surface area (Å²) in [6.07, 6.45) is 3.68. The minimum atomic E-state index is -0.321. The molecule has 0 saturated carbocycles. The van der Waals surface area contributed by atoms with E-state index in [1.165, 1.54) is 18.3 Å². The molecule has 0 atom stereocenters. The Morgan fingerprint density at radius 3 is 2.77 bits per heavy atom. The topological polar surface area (TPSA) is 80.7 Å². The van der Waals surface area contributed by atoms with Crippen LogP contribution in [0.15, 0.2) is 54.9 Å². The molecule has 6 nitrogen and oxygen atoms in total. The summed E-state index contributed by atoms with van der Waals surface area (Å²) in [4.78, 5) is 20.7. The average Bonchev–Trinajstić information content (AvgIpc) is 3.11. The standard InChI is InChI=1S/C18H12FN5OS/c19-14-3-1-2-11(7-14)6-12-4-5-16(20-9-12)22-18(25)13-8-15-17(21-10-13)24-26-23-15/h1-5,7-10H,6H2,(H,20,22,25). The number of pyridine rings is 2. The monoisotopic (exact) mass is 365 g/mol. The molecule has 4 aromatic rings. The lowest BCUT2D eigenvalue weighted by Gasteiger charge is -2.06. The number of fused-ring (bicyclic) bond motifs is 1. The van der Waals surface area contributed by atoms with Crippen molar-refractivity contribution in [3.63, 3.8) is 0 Å². The number of carbonyl (C=O) groups is 1. The van der Waals surface area contributed by atoms with Gasteiger partial charge in [-0.1, -0.05) is 18.2 Å². The van der Waals surface area contributed by atoms with Crippen LogP contribution in [0.5, 0.6) is 0 Å². The number of hydrogen-bond donors (Lipinski definition) is 1. The van der Waals surface area contributed by atoms with Crippen LogP contribution < -0.4 is 5.32 Å². The molecule has 0 aliphatic rings. The van der Waals surface area contributed by atoms with Gasteiger partial charge in [0.25, 0.3) is 5.91 Å². The first kappa shape index (κ1) is 16.2. The quantitative estimate of drug-likeness (QED) is 0.599. The largest absolute Gasteiger partial charge is 0.307 e. The Morgan fingerprint density at radius 2 is 1.96 bits per heavy atom. The van der Waals surface area contributed by atoms with Gasteiger partial charge < -0.3 is 5.32 Å². The third kappa shape index (κ3) is 3.55. The van der Waals surface area contributed by atoms with Crippen molar-refractivity contribution in [1.82, 2.24) is 18.7 Å². The van der Waals surface area contributed by atoms with E-state index in [0.717, 1.165) is 22.9 Å². The van der Waals surface area contributed by atoms with E-state index in [-0.39, 0.29) is 11.7 Å². The predicted octanol–water partition coefficient (Wildman–Crippen LogP) is 3.46. The van der Waals surface area contributed by atoms with E-state index >= 15 is 0 Å². The molecule has 1 N–H and O–H groups in total. The van der Waals surface area contributed by atoms with Gasteiger partial charge in [0.15, 0.2) is 5.65 Å². The first-order valence-electron chi connectivity index (χ1n) is 7.76. The molecule has 4 rings (SSSR count). The minimum absolute atomic E-state index is 0.264. The van der Waals surface area contributed by atoms with Gasteiger partial charge in [-0.25, -0.2) is 14.4 Å². The number of amides is 1. The van der Waals surface area contributed by atoms with Crippen molar-refractivity contribution in [2.75, 3.05) is 5.32 Å². The van der Waals surface area contributed by atoms with E-state index in [1.54, 1.807) is 24.4 Å². The molecule has 0 radical (unpaired) electrons. The molecule has 0 unspecified atom stereocenters. The molecule has 1 amide bonds. The van der Waals surface area contributed by atoms with Crippen LogP contribution in [0, 0.1) is 5.82 Å². The Hall–Kier alpha value is -3.26. The van der Waals surface area contributed by atoms with Crippen LogP contribution in [0.25, 0.3) is 11.2 Å². The zero-order valence-electron chi connectivity index (χ0n) is 13.4. The van der Waals surface area contributed by atoms with Gasteiger partial charge in [0, 0.05) is 12.4 Å². The van der Waals surface area contributed by atoms with Gasteiger partial charge in [-0.2, -0.15) is 8.75 Å². The third-order valence-electron chi connectivity index (χ3n) is 3.74. The highest BCUT2D eigenvalue weighted by Crippen LogP contribution is 2.14. The number of benzene rings is 1. The predicted molar refractivity (Wildman–Crippen MR) is 96.6 cm³/mol. The Balaban J connectivity index is 1.45. The van der Waals surface area contributed by atoms with Crippen LogP contribution in [0.4, 0.5) is 10.2 Å². The molecule has 0 bridgehead atoms. The number of rotatable bonds is 4. The van der Waals surface area contributed by atoms with Gasteiger partial charge in [0.2, 0.25) is 0 Å². The number of aromatic nitrogens is 4. The van der Waals surface area contributed by atoms with E-state index in [2.05, 4.69) is 24.0 Å². The lowest BCUT2D eigenvalue weighted by atomic mass is 10.1. The molecular formula is C18H12FN5OS. The van der Waals surface area contributed by atoms with E-state index in [9.17, 15) is 9.18 Å². The summed E-state index contributed by atoms with van der Waals surface area (Å²) >= 11 is 1.05. The van der Waals surface area contributed by atoms with Crippen molar-refractivity contribution in [3.8, 4) is 0 Å². The summed E-state index contributed by atoms with van der Waals surface area (Å²) in [6, 6.07) is 11.6.